The largest absolute Gasteiger partial charge is 0.342 e. The molecule has 1 fully saturated rings. The lowest BCUT2D eigenvalue weighted by molar-refractivity contribution is -0.129. The third-order valence-corrected chi connectivity index (χ3v) is 5.05. The van der Waals surface area contributed by atoms with Crippen LogP contribution in [0.1, 0.15) is 23.2 Å². The van der Waals surface area contributed by atoms with Gasteiger partial charge in [-0.2, -0.15) is 0 Å². The fourth-order valence-electron chi connectivity index (χ4n) is 2.46. The van der Waals surface area contributed by atoms with Gasteiger partial charge in [-0.15, -0.1) is 11.8 Å². The van der Waals surface area contributed by atoms with Gasteiger partial charge < -0.3 is 10.2 Å². The maximum absolute atomic E-state index is 12.1. The van der Waals surface area contributed by atoms with Crippen molar-refractivity contribution in [3.8, 4) is 0 Å². The van der Waals surface area contributed by atoms with Gasteiger partial charge in [0.25, 0.3) is 0 Å². The quantitative estimate of drug-likeness (QED) is 0.808. The first-order valence-corrected chi connectivity index (χ1v) is 8.95. The average Bonchev–Trinajstić information content (AvgIpc) is 2.55. The lowest BCUT2D eigenvalue weighted by Gasteiger charge is -2.31. The number of benzene rings is 1. The number of piperidine rings is 1. The molecule has 0 unspecified atom stereocenters. The molecule has 6 heteroatoms. The van der Waals surface area contributed by atoms with E-state index in [0.717, 1.165) is 25.9 Å². The van der Waals surface area contributed by atoms with Gasteiger partial charge in [-0.05, 0) is 44.2 Å². The van der Waals surface area contributed by atoms with Crippen molar-refractivity contribution in [2.75, 3.05) is 31.6 Å². The van der Waals surface area contributed by atoms with Crippen LogP contribution in [0.4, 0.5) is 0 Å². The van der Waals surface area contributed by atoms with Crippen LogP contribution in [0.3, 0.4) is 0 Å². The van der Waals surface area contributed by atoms with E-state index in [4.69, 9.17) is 11.6 Å². The van der Waals surface area contributed by atoms with E-state index in [1.165, 1.54) is 11.8 Å². The van der Waals surface area contributed by atoms with Crippen LogP contribution in [0.25, 0.3) is 0 Å². The Bertz CT molecular complexity index is 513. The Hall–Kier alpha value is -1.04. The summed E-state index contributed by atoms with van der Waals surface area (Å²) in [4.78, 5) is 26.0. The van der Waals surface area contributed by atoms with E-state index in [1.54, 1.807) is 24.3 Å². The van der Waals surface area contributed by atoms with Crippen LogP contribution in [0.15, 0.2) is 24.3 Å². The number of halogens is 1. The highest BCUT2D eigenvalue weighted by Gasteiger charge is 2.21. The van der Waals surface area contributed by atoms with Gasteiger partial charge in [-0.1, -0.05) is 11.6 Å². The standard InChI is InChI=1S/C16H21ClN2O2S/c1-18-14-6-8-19(9-7-14)16(21)11-22-10-15(20)12-2-4-13(17)5-3-12/h2-5,14,18H,6-11H2,1H3. The highest BCUT2D eigenvalue weighted by Crippen LogP contribution is 2.14. The van der Waals surface area contributed by atoms with Crippen molar-refractivity contribution in [1.82, 2.24) is 10.2 Å². The molecule has 0 spiro atoms. The van der Waals surface area contributed by atoms with E-state index in [1.807, 2.05) is 11.9 Å². The van der Waals surface area contributed by atoms with E-state index in [2.05, 4.69) is 5.32 Å². The number of rotatable bonds is 6. The number of hydrogen-bond acceptors (Lipinski definition) is 4. The molecule has 2 rings (SSSR count). The van der Waals surface area contributed by atoms with Gasteiger partial charge in [0, 0.05) is 29.7 Å². The van der Waals surface area contributed by atoms with E-state index >= 15 is 0 Å². The third-order valence-electron chi connectivity index (χ3n) is 3.88. The minimum absolute atomic E-state index is 0.0309. The van der Waals surface area contributed by atoms with Gasteiger partial charge in [0.2, 0.25) is 5.91 Å². The summed E-state index contributed by atoms with van der Waals surface area (Å²) in [7, 11) is 1.96. The first-order valence-electron chi connectivity index (χ1n) is 7.41. The Labute approximate surface area is 140 Å². The summed E-state index contributed by atoms with van der Waals surface area (Å²) >= 11 is 7.18. The molecule has 1 aromatic carbocycles. The Morgan fingerprint density at radius 3 is 2.45 bits per heavy atom. The number of amides is 1. The van der Waals surface area contributed by atoms with Crippen molar-refractivity contribution in [3.63, 3.8) is 0 Å². The number of nitrogens with zero attached hydrogens (tertiary/aromatic N) is 1. The molecule has 1 N–H and O–H groups in total. The summed E-state index contributed by atoms with van der Waals surface area (Å²) < 4.78 is 0. The molecule has 0 radical (unpaired) electrons. The predicted octanol–water partition coefficient (Wildman–Crippen LogP) is 2.47. The van der Waals surface area contributed by atoms with Crippen molar-refractivity contribution in [2.24, 2.45) is 0 Å². The summed E-state index contributed by atoms with van der Waals surface area (Å²) in [6.07, 6.45) is 1.99. The molecule has 1 heterocycles. The number of ketones is 1. The predicted molar refractivity (Wildman–Crippen MR) is 91.8 cm³/mol. The molecule has 4 nitrogen and oxygen atoms in total. The molecule has 120 valence electrons. The van der Waals surface area contributed by atoms with Crippen LogP contribution in [-0.2, 0) is 4.79 Å². The summed E-state index contributed by atoms with van der Waals surface area (Å²) in [5, 5.41) is 3.86. The van der Waals surface area contributed by atoms with E-state index in [-0.39, 0.29) is 11.7 Å². The number of thioether (sulfide) groups is 1. The number of carbonyl (C=O) groups is 2. The SMILES string of the molecule is CNC1CCN(C(=O)CSCC(=O)c2ccc(Cl)cc2)CC1. The molecule has 1 aliphatic heterocycles. The number of hydrogen-bond donors (Lipinski definition) is 1. The first kappa shape index (κ1) is 17.3. The topological polar surface area (TPSA) is 49.4 Å². The number of likely N-dealkylation sites (tertiary alicyclic amines) is 1. The highest BCUT2D eigenvalue weighted by molar-refractivity contribution is 8.00. The van der Waals surface area contributed by atoms with Crippen LogP contribution in [0, 0.1) is 0 Å². The minimum Gasteiger partial charge on any atom is -0.342 e. The molecular weight excluding hydrogens is 320 g/mol. The van der Waals surface area contributed by atoms with Gasteiger partial charge in [0.1, 0.15) is 0 Å². The number of Topliss-reactive ketones (excluding diaryl/α,β-unsaturated/α-hetero) is 1. The fraction of sp³-hybridized carbons (Fsp3) is 0.500. The maximum atomic E-state index is 12.1. The van der Waals surface area contributed by atoms with Gasteiger partial charge in [-0.3, -0.25) is 9.59 Å². The molecular formula is C16H21ClN2O2S. The van der Waals surface area contributed by atoms with E-state index in [0.29, 0.717) is 28.1 Å². The van der Waals surface area contributed by atoms with Gasteiger partial charge in [0.15, 0.2) is 5.78 Å². The molecule has 22 heavy (non-hydrogen) atoms. The first-order chi connectivity index (χ1) is 10.6. The van der Waals surface area contributed by atoms with Crippen molar-refractivity contribution in [2.45, 2.75) is 18.9 Å². The monoisotopic (exact) mass is 340 g/mol. The number of carbonyl (C=O) groups excluding carboxylic acids is 2. The Kier molecular flexibility index (Phi) is 6.73. The molecule has 1 saturated heterocycles. The summed E-state index contributed by atoms with van der Waals surface area (Å²) in [6, 6.07) is 7.36. The van der Waals surface area contributed by atoms with Crippen LogP contribution < -0.4 is 5.32 Å². The third kappa shape index (κ3) is 5.00. The van der Waals surface area contributed by atoms with E-state index in [9.17, 15) is 9.59 Å². The molecule has 0 bridgehead atoms. The average molecular weight is 341 g/mol. The van der Waals surface area contributed by atoms with Gasteiger partial charge in [-0.25, -0.2) is 0 Å². The maximum Gasteiger partial charge on any atom is 0.232 e. The highest BCUT2D eigenvalue weighted by atomic mass is 35.5. The summed E-state index contributed by atoms with van der Waals surface area (Å²) in [6.45, 7) is 1.60. The van der Waals surface area contributed by atoms with Crippen molar-refractivity contribution in [3.05, 3.63) is 34.9 Å². The van der Waals surface area contributed by atoms with Crippen molar-refractivity contribution in [1.29, 1.82) is 0 Å². The van der Waals surface area contributed by atoms with Gasteiger partial charge in [0.05, 0.1) is 11.5 Å². The zero-order valence-electron chi connectivity index (χ0n) is 12.7. The zero-order chi connectivity index (χ0) is 15.9. The molecule has 0 aromatic heterocycles. The fourth-order valence-corrected chi connectivity index (χ4v) is 3.40. The minimum atomic E-state index is 0.0309. The molecule has 0 atom stereocenters. The zero-order valence-corrected chi connectivity index (χ0v) is 14.3. The second-order valence-corrected chi connectivity index (χ2v) is 6.79. The molecule has 0 saturated carbocycles. The Morgan fingerprint density at radius 2 is 1.86 bits per heavy atom. The smallest absolute Gasteiger partial charge is 0.232 e. The Balaban J connectivity index is 1.71. The summed E-state index contributed by atoms with van der Waals surface area (Å²) in [5.41, 5.74) is 0.638. The second-order valence-electron chi connectivity index (χ2n) is 5.37. The lowest BCUT2D eigenvalue weighted by atomic mass is 10.1. The van der Waals surface area contributed by atoms with Crippen LogP contribution in [0.5, 0.6) is 0 Å². The van der Waals surface area contributed by atoms with Crippen molar-refractivity contribution >= 4 is 35.1 Å². The lowest BCUT2D eigenvalue weighted by Crippen LogP contribution is -2.44. The van der Waals surface area contributed by atoms with Crippen molar-refractivity contribution < 1.29 is 9.59 Å². The van der Waals surface area contributed by atoms with Crippen LogP contribution >= 0.6 is 23.4 Å². The molecule has 1 amide bonds. The second kappa shape index (κ2) is 8.56. The van der Waals surface area contributed by atoms with Crippen LogP contribution in [0.2, 0.25) is 5.02 Å². The van der Waals surface area contributed by atoms with E-state index < -0.39 is 0 Å². The number of nitrogens with one attached hydrogen (secondary N) is 1. The van der Waals surface area contributed by atoms with Crippen LogP contribution in [-0.4, -0.2) is 54.3 Å². The van der Waals surface area contributed by atoms with Gasteiger partial charge >= 0.3 is 0 Å². The molecule has 1 aromatic rings. The summed E-state index contributed by atoms with van der Waals surface area (Å²) in [5.74, 6) is 0.844. The molecule has 0 aliphatic carbocycles. The normalized spacial score (nSPS) is 15.8. The Morgan fingerprint density at radius 1 is 1.23 bits per heavy atom. The molecule has 1 aliphatic rings.